The van der Waals surface area contributed by atoms with Gasteiger partial charge in [-0.3, -0.25) is 9.59 Å². The smallest absolute Gasteiger partial charge is 0.251 e. The van der Waals surface area contributed by atoms with E-state index in [-0.39, 0.29) is 23.6 Å². The van der Waals surface area contributed by atoms with E-state index >= 15 is 0 Å². The number of amides is 2. The number of hydrogen-bond donors (Lipinski definition) is 2. The van der Waals surface area contributed by atoms with Gasteiger partial charge in [-0.25, -0.2) is 0 Å². The van der Waals surface area contributed by atoms with E-state index in [1.54, 1.807) is 18.2 Å². The van der Waals surface area contributed by atoms with Crippen LogP contribution >= 0.6 is 43.6 Å². The van der Waals surface area contributed by atoms with Crippen molar-refractivity contribution in [1.82, 2.24) is 20.1 Å². The zero-order valence-corrected chi connectivity index (χ0v) is 21.2. The number of anilines is 1. The van der Waals surface area contributed by atoms with Crippen LogP contribution in [0.25, 0.3) is 0 Å². The van der Waals surface area contributed by atoms with E-state index in [9.17, 15) is 9.59 Å². The molecule has 3 rings (SSSR count). The molecule has 166 valence electrons. The highest BCUT2D eigenvalue weighted by atomic mass is 79.9. The highest BCUT2D eigenvalue weighted by Crippen LogP contribution is 2.27. The fourth-order valence-electron chi connectivity index (χ4n) is 2.87. The van der Waals surface area contributed by atoms with E-state index in [1.807, 2.05) is 47.9 Å². The standard InChI is InChI=1S/C22H21Br2N5O2S/c1-3-11-29-20(14(2)25-21(31)15-7-5-4-6-8-15)27-28-22(29)32-13-19(30)26-18-12-16(23)9-10-17(18)24/h3-10,12,14H,1,11,13H2,2H3,(H,25,31)(H,26,30)/t14-/m0/s1. The summed E-state index contributed by atoms with van der Waals surface area (Å²) in [5, 5.41) is 14.9. The number of nitrogens with zero attached hydrogens (tertiary/aromatic N) is 3. The van der Waals surface area contributed by atoms with E-state index in [4.69, 9.17) is 0 Å². The second-order valence-corrected chi connectivity index (χ2v) is 9.47. The molecule has 0 radical (unpaired) electrons. The molecule has 0 fully saturated rings. The number of carbonyl (C=O) groups excluding carboxylic acids is 2. The lowest BCUT2D eigenvalue weighted by atomic mass is 10.2. The molecule has 10 heteroatoms. The van der Waals surface area contributed by atoms with Crippen molar-refractivity contribution in [1.29, 1.82) is 0 Å². The molecule has 0 saturated heterocycles. The van der Waals surface area contributed by atoms with Gasteiger partial charge in [-0.15, -0.1) is 16.8 Å². The number of nitrogens with one attached hydrogen (secondary N) is 2. The monoisotopic (exact) mass is 577 g/mol. The van der Waals surface area contributed by atoms with Crippen LogP contribution in [0.3, 0.4) is 0 Å². The molecule has 0 aliphatic heterocycles. The third kappa shape index (κ3) is 6.30. The van der Waals surface area contributed by atoms with Crippen molar-refractivity contribution in [3.8, 4) is 0 Å². The molecule has 0 bridgehead atoms. The third-order valence-electron chi connectivity index (χ3n) is 4.36. The molecule has 0 unspecified atom stereocenters. The van der Waals surface area contributed by atoms with Crippen LogP contribution in [0.2, 0.25) is 0 Å². The Morgan fingerprint density at radius 1 is 1.19 bits per heavy atom. The van der Waals surface area contributed by atoms with Gasteiger partial charge in [-0.2, -0.15) is 0 Å². The van der Waals surface area contributed by atoms with Gasteiger partial charge in [0.1, 0.15) is 0 Å². The molecule has 2 N–H and O–H groups in total. The first kappa shape index (κ1) is 24.2. The lowest BCUT2D eigenvalue weighted by Gasteiger charge is -2.15. The molecule has 0 aliphatic rings. The topological polar surface area (TPSA) is 88.9 Å². The van der Waals surface area contributed by atoms with Crippen LogP contribution in [0.5, 0.6) is 0 Å². The molecule has 2 amide bonds. The Kier molecular flexibility index (Phi) is 8.66. The number of allylic oxidation sites excluding steroid dienone is 1. The van der Waals surface area contributed by atoms with Gasteiger partial charge in [0.05, 0.1) is 17.5 Å². The van der Waals surface area contributed by atoms with E-state index in [1.165, 1.54) is 11.8 Å². The normalized spacial score (nSPS) is 11.6. The van der Waals surface area contributed by atoms with Crippen LogP contribution < -0.4 is 10.6 Å². The van der Waals surface area contributed by atoms with Crippen molar-refractivity contribution in [2.45, 2.75) is 24.7 Å². The first-order valence-corrected chi connectivity index (χ1v) is 12.2. The van der Waals surface area contributed by atoms with E-state index < -0.39 is 0 Å². The van der Waals surface area contributed by atoms with Crippen LogP contribution in [0, 0.1) is 0 Å². The maximum atomic E-state index is 12.5. The van der Waals surface area contributed by atoms with Crippen LogP contribution in [-0.4, -0.2) is 32.3 Å². The Labute approximate surface area is 207 Å². The summed E-state index contributed by atoms with van der Waals surface area (Å²) < 4.78 is 3.50. The Balaban J connectivity index is 1.67. The van der Waals surface area contributed by atoms with Crippen molar-refractivity contribution in [2.24, 2.45) is 0 Å². The molecular weight excluding hydrogens is 558 g/mol. The third-order valence-corrected chi connectivity index (χ3v) is 6.51. The number of rotatable bonds is 9. The van der Waals surface area contributed by atoms with Gasteiger partial charge in [-0.1, -0.05) is 52.0 Å². The molecule has 7 nitrogen and oxygen atoms in total. The first-order chi connectivity index (χ1) is 15.4. The first-order valence-electron chi connectivity index (χ1n) is 9.66. The summed E-state index contributed by atoms with van der Waals surface area (Å²) >= 11 is 8.09. The minimum absolute atomic E-state index is 0.152. The molecule has 0 aliphatic carbocycles. The Morgan fingerprint density at radius 2 is 1.94 bits per heavy atom. The summed E-state index contributed by atoms with van der Waals surface area (Å²) in [7, 11) is 0. The average molecular weight is 579 g/mol. The average Bonchev–Trinajstić information content (AvgIpc) is 3.18. The zero-order valence-electron chi connectivity index (χ0n) is 17.2. The molecule has 32 heavy (non-hydrogen) atoms. The van der Waals surface area contributed by atoms with Crippen LogP contribution in [-0.2, 0) is 11.3 Å². The summed E-state index contributed by atoms with van der Waals surface area (Å²) in [4.78, 5) is 24.9. The fraction of sp³-hybridized carbons (Fsp3) is 0.182. The number of benzene rings is 2. The summed E-state index contributed by atoms with van der Waals surface area (Å²) in [6.45, 7) is 6.09. The summed E-state index contributed by atoms with van der Waals surface area (Å²) in [5.41, 5.74) is 1.24. The van der Waals surface area contributed by atoms with Crippen LogP contribution in [0.15, 0.2) is 75.3 Å². The van der Waals surface area contributed by atoms with Gasteiger partial charge in [0.2, 0.25) is 5.91 Å². The van der Waals surface area contributed by atoms with Crippen molar-refractivity contribution in [3.05, 3.63) is 81.5 Å². The van der Waals surface area contributed by atoms with Gasteiger partial charge in [0.25, 0.3) is 5.91 Å². The van der Waals surface area contributed by atoms with E-state index in [0.717, 1.165) is 8.95 Å². The van der Waals surface area contributed by atoms with Crippen LogP contribution in [0.1, 0.15) is 29.1 Å². The minimum atomic E-state index is -0.379. The number of hydrogen-bond acceptors (Lipinski definition) is 5. The number of thioether (sulfide) groups is 1. The molecule has 3 aromatic rings. The molecule has 0 spiro atoms. The number of halogens is 2. The highest BCUT2D eigenvalue weighted by Gasteiger charge is 2.20. The molecule has 1 aromatic heterocycles. The van der Waals surface area contributed by atoms with Crippen molar-refractivity contribution >= 4 is 61.1 Å². The summed E-state index contributed by atoms with van der Waals surface area (Å²) in [6, 6.07) is 14.2. The Morgan fingerprint density at radius 3 is 2.66 bits per heavy atom. The van der Waals surface area contributed by atoms with Crippen LogP contribution in [0.4, 0.5) is 5.69 Å². The number of aromatic nitrogens is 3. The van der Waals surface area contributed by atoms with Crippen molar-refractivity contribution < 1.29 is 9.59 Å². The van der Waals surface area contributed by atoms with Gasteiger partial charge >= 0.3 is 0 Å². The Hall–Kier alpha value is -2.43. The second-order valence-electron chi connectivity index (χ2n) is 6.76. The SMILES string of the molecule is C=CCn1c(SCC(=O)Nc2cc(Br)ccc2Br)nnc1[C@H](C)NC(=O)c1ccccc1. The molecule has 1 atom stereocenters. The maximum Gasteiger partial charge on any atom is 0.251 e. The predicted molar refractivity (Wildman–Crippen MR) is 134 cm³/mol. The minimum Gasteiger partial charge on any atom is -0.342 e. The van der Waals surface area contributed by atoms with Gasteiger partial charge in [0, 0.05) is 21.1 Å². The molecular formula is C22H21Br2N5O2S. The summed E-state index contributed by atoms with van der Waals surface area (Å²) in [5.74, 6) is 0.374. The van der Waals surface area contributed by atoms with Gasteiger partial charge in [0.15, 0.2) is 11.0 Å². The largest absolute Gasteiger partial charge is 0.342 e. The molecule has 0 saturated carbocycles. The van der Waals surface area contributed by atoms with Crippen molar-refractivity contribution in [2.75, 3.05) is 11.1 Å². The lowest BCUT2D eigenvalue weighted by molar-refractivity contribution is -0.113. The molecule has 1 heterocycles. The predicted octanol–water partition coefficient (Wildman–Crippen LogP) is 5.21. The van der Waals surface area contributed by atoms with E-state index in [0.29, 0.717) is 28.8 Å². The second kappa shape index (κ2) is 11.4. The Bertz CT molecular complexity index is 1120. The zero-order chi connectivity index (χ0) is 23.1. The molecule has 2 aromatic carbocycles. The quantitative estimate of drug-likeness (QED) is 0.269. The van der Waals surface area contributed by atoms with Crippen molar-refractivity contribution in [3.63, 3.8) is 0 Å². The van der Waals surface area contributed by atoms with E-state index in [2.05, 4.69) is 59.3 Å². The van der Waals surface area contributed by atoms with Gasteiger partial charge < -0.3 is 15.2 Å². The fourth-order valence-corrected chi connectivity index (χ4v) is 4.33. The lowest BCUT2D eigenvalue weighted by Crippen LogP contribution is -2.28. The number of carbonyl (C=O) groups is 2. The maximum absolute atomic E-state index is 12.5. The summed E-state index contributed by atoms with van der Waals surface area (Å²) in [6.07, 6.45) is 1.72. The highest BCUT2D eigenvalue weighted by molar-refractivity contribution is 9.11. The van der Waals surface area contributed by atoms with Gasteiger partial charge in [-0.05, 0) is 53.2 Å².